The minimum Gasteiger partial charge on any atom is -0.0622 e. The molecule has 0 heterocycles. The lowest BCUT2D eigenvalue weighted by molar-refractivity contribution is 0.661. The van der Waals surface area contributed by atoms with E-state index in [4.69, 9.17) is 0 Å². The van der Waals surface area contributed by atoms with Gasteiger partial charge < -0.3 is 0 Å². The SMILES string of the molecule is CC1(C)c2cc(-c3c4ccccc4cc4c3ccc3ccccc34)c(-c3ccccc3)cc2-c2cc3ccccc3cc21. The molecule has 1 aliphatic rings. The van der Waals surface area contributed by atoms with Gasteiger partial charge in [0.05, 0.1) is 0 Å². The number of rotatable bonds is 2. The summed E-state index contributed by atoms with van der Waals surface area (Å²) in [5.74, 6) is 0. The van der Waals surface area contributed by atoms with Crippen LogP contribution in [0.15, 0.2) is 146 Å². The molecule has 0 amide bonds. The van der Waals surface area contributed by atoms with Gasteiger partial charge in [-0.3, -0.25) is 0 Å². The Morgan fingerprint density at radius 2 is 0.953 bits per heavy atom. The maximum atomic E-state index is 2.53. The fourth-order valence-corrected chi connectivity index (χ4v) is 7.64. The highest BCUT2D eigenvalue weighted by atomic mass is 14.4. The zero-order valence-corrected chi connectivity index (χ0v) is 24.4. The Kier molecular flexibility index (Phi) is 5.05. The van der Waals surface area contributed by atoms with Gasteiger partial charge in [-0.05, 0) is 118 Å². The van der Waals surface area contributed by atoms with Gasteiger partial charge in [0.25, 0.3) is 0 Å². The van der Waals surface area contributed by atoms with E-state index < -0.39 is 0 Å². The third-order valence-electron chi connectivity index (χ3n) is 9.80. The molecule has 0 saturated heterocycles. The van der Waals surface area contributed by atoms with Crippen LogP contribution in [0.5, 0.6) is 0 Å². The molecule has 0 N–H and O–H groups in total. The Hall–Kier alpha value is -5.20. The van der Waals surface area contributed by atoms with Crippen molar-refractivity contribution in [2.45, 2.75) is 19.3 Å². The molecular weight excluding hydrogens is 516 g/mol. The van der Waals surface area contributed by atoms with Gasteiger partial charge in [-0.1, -0.05) is 129 Å². The molecule has 0 atom stereocenters. The van der Waals surface area contributed by atoms with Crippen molar-refractivity contribution in [2.24, 2.45) is 0 Å². The highest BCUT2D eigenvalue weighted by Gasteiger charge is 2.37. The summed E-state index contributed by atoms with van der Waals surface area (Å²) in [7, 11) is 0. The predicted molar refractivity (Wildman–Crippen MR) is 185 cm³/mol. The summed E-state index contributed by atoms with van der Waals surface area (Å²) in [6.45, 7) is 4.79. The summed E-state index contributed by atoms with van der Waals surface area (Å²) in [5.41, 5.74) is 10.5. The summed E-state index contributed by atoms with van der Waals surface area (Å²) in [6.07, 6.45) is 0. The van der Waals surface area contributed by atoms with Crippen molar-refractivity contribution >= 4 is 43.1 Å². The average molecular weight is 547 g/mol. The third-order valence-corrected chi connectivity index (χ3v) is 9.80. The van der Waals surface area contributed by atoms with Crippen molar-refractivity contribution in [3.8, 4) is 33.4 Å². The maximum Gasteiger partial charge on any atom is 0.0159 e. The van der Waals surface area contributed by atoms with Crippen molar-refractivity contribution in [1.82, 2.24) is 0 Å². The smallest absolute Gasteiger partial charge is 0.0159 e. The van der Waals surface area contributed by atoms with Crippen molar-refractivity contribution < 1.29 is 0 Å². The Bertz CT molecular complexity index is 2410. The van der Waals surface area contributed by atoms with Gasteiger partial charge in [0.1, 0.15) is 0 Å². The summed E-state index contributed by atoms with van der Waals surface area (Å²) in [5, 5.41) is 10.3. The van der Waals surface area contributed by atoms with Crippen molar-refractivity contribution in [3.63, 3.8) is 0 Å². The van der Waals surface area contributed by atoms with Crippen LogP contribution in [0.25, 0.3) is 76.5 Å². The van der Waals surface area contributed by atoms with Gasteiger partial charge in [0, 0.05) is 5.41 Å². The van der Waals surface area contributed by atoms with Crippen LogP contribution in [-0.4, -0.2) is 0 Å². The lowest BCUT2D eigenvalue weighted by Crippen LogP contribution is -2.15. The first kappa shape index (κ1) is 24.4. The summed E-state index contributed by atoms with van der Waals surface area (Å²) < 4.78 is 0. The topological polar surface area (TPSA) is 0 Å². The second-order valence-electron chi connectivity index (χ2n) is 12.5. The molecule has 8 aromatic rings. The monoisotopic (exact) mass is 546 g/mol. The molecule has 0 fully saturated rings. The van der Waals surface area contributed by atoms with E-state index in [-0.39, 0.29) is 5.41 Å². The molecular formula is C43H30. The van der Waals surface area contributed by atoms with Crippen LogP contribution in [0.3, 0.4) is 0 Å². The normalized spacial score (nSPS) is 13.5. The van der Waals surface area contributed by atoms with Gasteiger partial charge in [-0.15, -0.1) is 0 Å². The number of fused-ring (bicyclic) bond motifs is 8. The molecule has 0 spiro atoms. The first-order valence-corrected chi connectivity index (χ1v) is 15.2. The van der Waals surface area contributed by atoms with Crippen LogP contribution < -0.4 is 0 Å². The van der Waals surface area contributed by atoms with Crippen LogP contribution in [0.4, 0.5) is 0 Å². The fourth-order valence-electron chi connectivity index (χ4n) is 7.64. The van der Waals surface area contributed by atoms with Gasteiger partial charge >= 0.3 is 0 Å². The van der Waals surface area contributed by atoms with E-state index in [1.54, 1.807) is 0 Å². The predicted octanol–water partition coefficient (Wildman–Crippen LogP) is 11.9. The molecule has 0 nitrogen and oxygen atoms in total. The first-order valence-electron chi connectivity index (χ1n) is 15.2. The summed E-state index contributed by atoms with van der Waals surface area (Å²) >= 11 is 0. The van der Waals surface area contributed by atoms with E-state index in [1.807, 2.05) is 0 Å². The van der Waals surface area contributed by atoms with E-state index in [2.05, 4.69) is 159 Å². The van der Waals surface area contributed by atoms with E-state index in [0.717, 1.165) is 0 Å². The Morgan fingerprint density at radius 3 is 1.74 bits per heavy atom. The third kappa shape index (κ3) is 3.50. The highest BCUT2D eigenvalue weighted by molar-refractivity contribution is 6.21. The highest BCUT2D eigenvalue weighted by Crippen LogP contribution is 2.54. The number of hydrogen-bond donors (Lipinski definition) is 0. The van der Waals surface area contributed by atoms with E-state index in [0.29, 0.717) is 0 Å². The van der Waals surface area contributed by atoms with Gasteiger partial charge in [0.2, 0.25) is 0 Å². The fraction of sp³-hybridized carbons (Fsp3) is 0.0698. The first-order chi connectivity index (χ1) is 21.1. The standard InChI is InChI=1S/C43H30/c1-43(2)40-24-30-16-7-6-15-29(30)22-37(40)38-25-35(27-12-4-3-5-13-27)39(26-41(38)43)42-33-19-11-9-17-31(33)23-36-32-18-10-8-14-28(32)20-21-34(36)42/h3-26H,1-2H3. The average Bonchev–Trinajstić information content (AvgIpc) is 3.27. The van der Waals surface area contributed by atoms with Crippen LogP contribution in [0.1, 0.15) is 25.0 Å². The second-order valence-corrected chi connectivity index (χ2v) is 12.5. The lowest BCUT2D eigenvalue weighted by atomic mass is 9.79. The van der Waals surface area contributed by atoms with Crippen molar-refractivity contribution in [2.75, 3.05) is 0 Å². The van der Waals surface area contributed by atoms with Gasteiger partial charge in [-0.25, -0.2) is 0 Å². The molecule has 0 unspecified atom stereocenters. The number of hydrogen-bond acceptors (Lipinski definition) is 0. The van der Waals surface area contributed by atoms with Crippen molar-refractivity contribution in [3.05, 3.63) is 157 Å². The molecule has 202 valence electrons. The molecule has 8 aromatic carbocycles. The molecule has 9 rings (SSSR count). The van der Waals surface area contributed by atoms with E-state index >= 15 is 0 Å². The molecule has 0 aromatic heterocycles. The number of benzene rings is 8. The molecule has 0 heteroatoms. The van der Waals surface area contributed by atoms with E-state index in [9.17, 15) is 0 Å². The zero-order chi connectivity index (χ0) is 28.7. The Balaban J connectivity index is 1.44. The zero-order valence-electron chi connectivity index (χ0n) is 24.4. The Labute approximate surface area is 251 Å². The minimum atomic E-state index is -0.119. The second kappa shape index (κ2) is 8.90. The van der Waals surface area contributed by atoms with Gasteiger partial charge in [0.15, 0.2) is 0 Å². The summed E-state index contributed by atoms with van der Waals surface area (Å²) in [6, 6.07) is 54.2. The Morgan fingerprint density at radius 1 is 0.349 bits per heavy atom. The summed E-state index contributed by atoms with van der Waals surface area (Å²) in [4.78, 5) is 0. The lowest BCUT2D eigenvalue weighted by Gasteiger charge is -2.24. The van der Waals surface area contributed by atoms with Crippen LogP contribution in [0.2, 0.25) is 0 Å². The maximum absolute atomic E-state index is 2.53. The van der Waals surface area contributed by atoms with Crippen LogP contribution in [-0.2, 0) is 5.41 Å². The van der Waals surface area contributed by atoms with Crippen molar-refractivity contribution in [1.29, 1.82) is 0 Å². The quantitative estimate of drug-likeness (QED) is 0.149. The molecule has 43 heavy (non-hydrogen) atoms. The largest absolute Gasteiger partial charge is 0.0622 e. The molecule has 0 saturated carbocycles. The van der Waals surface area contributed by atoms with Crippen LogP contribution >= 0.6 is 0 Å². The van der Waals surface area contributed by atoms with Gasteiger partial charge in [-0.2, -0.15) is 0 Å². The van der Waals surface area contributed by atoms with Crippen LogP contribution in [0, 0.1) is 0 Å². The van der Waals surface area contributed by atoms with E-state index in [1.165, 1.54) is 87.6 Å². The molecule has 0 radical (unpaired) electrons. The molecule has 1 aliphatic carbocycles. The minimum absolute atomic E-state index is 0.119. The molecule has 0 bridgehead atoms. The molecule has 0 aliphatic heterocycles.